The molecule has 0 aromatic carbocycles. The van der Waals surface area contributed by atoms with Gasteiger partial charge in [0.25, 0.3) is 0 Å². The lowest BCUT2D eigenvalue weighted by atomic mass is 10.3. The Morgan fingerprint density at radius 2 is 0.255 bits per heavy atom. The molecule has 110 heavy (non-hydrogen) atoms. The van der Waals surface area contributed by atoms with Crippen molar-refractivity contribution in [1.82, 2.24) is 0 Å². The van der Waals surface area contributed by atoms with Gasteiger partial charge in [0.1, 0.15) is 58.9 Å². The maximum absolute atomic E-state index is 8.55. The van der Waals surface area contributed by atoms with Crippen LogP contribution >= 0.6 is 7.82 Å². The minimum atomic E-state index is -5.39. The van der Waals surface area contributed by atoms with Gasteiger partial charge in [0.2, 0.25) is 0 Å². The fourth-order valence-electron chi connectivity index (χ4n) is 9.19. The Balaban J connectivity index is -0.000000214. The number of rotatable bonds is 27. The molecule has 9 rings (SSSR count). The summed E-state index contributed by atoms with van der Waals surface area (Å²) in [4.78, 5) is 25.6. The lowest BCUT2D eigenvalue weighted by Gasteiger charge is -2.36. The largest absolute Gasteiger partial charge is 1.00 e. The third-order valence-electron chi connectivity index (χ3n) is 16.4. The van der Waals surface area contributed by atoms with Crippen molar-refractivity contribution in [2.45, 2.75) is 299 Å². The third-order valence-corrected chi connectivity index (χ3v) is 16.4. The molecule has 0 aliphatic carbocycles. The molecule has 0 unspecified atom stereocenters. The standard InChI is InChI=1S/9C10H16N.6FH.H3O4P/c9*1-3-4-7-11-8-5-10(2)6-9-11;;;;;;;1-5(2,3)4/h9*5-6,8-9H,3-4,7H2,1-2H3;6*1H;(H3,1,2,3,4)/q9*+1;;;;;;;/p-9. The van der Waals surface area contributed by atoms with Crippen LogP contribution in [0.2, 0.25) is 0 Å². The van der Waals surface area contributed by atoms with Gasteiger partial charge in [0.15, 0.2) is 112 Å². The van der Waals surface area contributed by atoms with Gasteiger partial charge in [-0.25, -0.2) is 41.1 Å². The van der Waals surface area contributed by atoms with Crippen molar-refractivity contribution in [2.24, 2.45) is 0 Å². The smallest absolute Gasteiger partial charge is 0.169 e. The normalized spacial score (nSPS) is 9.54. The molecule has 20 heteroatoms. The second-order valence-electron chi connectivity index (χ2n) is 27.1. The number of aromatic nitrogens is 9. The van der Waals surface area contributed by atoms with Crippen LogP contribution in [0.15, 0.2) is 221 Å². The van der Waals surface area contributed by atoms with Gasteiger partial charge in [0.05, 0.1) is 0 Å². The van der Waals surface area contributed by atoms with E-state index in [1.165, 1.54) is 166 Å². The van der Waals surface area contributed by atoms with Crippen LogP contribution in [0.1, 0.15) is 228 Å². The monoisotopic (exact) mass is 1560 g/mol. The van der Waals surface area contributed by atoms with Crippen molar-refractivity contribution in [3.63, 3.8) is 0 Å². The molecule has 0 atom stereocenters. The molecule has 0 radical (unpaired) electrons. The van der Waals surface area contributed by atoms with Crippen molar-refractivity contribution in [1.29, 1.82) is 0 Å². The summed E-state index contributed by atoms with van der Waals surface area (Å²) in [5.41, 5.74) is 12.0. The van der Waals surface area contributed by atoms with E-state index in [2.05, 4.69) is 386 Å². The van der Waals surface area contributed by atoms with Crippen molar-refractivity contribution in [3.05, 3.63) is 271 Å². The van der Waals surface area contributed by atoms with Crippen LogP contribution in [0.5, 0.6) is 0 Å². The Hall–Kier alpha value is -7.96. The maximum Gasteiger partial charge on any atom is 0.169 e. The van der Waals surface area contributed by atoms with Crippen LogP contribution < -0.4 is 84.0 Å². The molecule has 0 fully saturated rings. The molecule has 9 aromatic rings. The van der Waals surface area contributed by atoms with E-state index in [1.54, 1.807) is 0 Å². The second kappa shape index (κ2) is 76.4. The first-order valence-electron chi connectivity index (χ1n) is 39.3. The van der Waals surface area contributed by atoms with Crippen LogP contribution in [-0.4, -0.2) is 0 Å². The molecule has 0 amide bonds. The third kappa shape index (κ3) is 70.4. The molecule has 9 heterocycles. The van der Waals surface area contributed by atoms with E-state index >= 15 is 0 Å². The van der Waals surface area contributed by atoms with E-state index in [1.807, 2.05) is 0 Å². The van der Waals surface area contributed by atoms with E-state index in [9.17, 15) is 0 Å². The summed E-state index contributed by atoms with van der Waals surface area (Å²) in [5, 5.41) is 0. The van der Waals surface area contributed by atoms with E-state index in [4.69, 9.17) is 19.2 Å². The number of nitrogens with zero attached hydrogens (tertiary/aromatic N) is 9. The second-order valence-corrected chi connectivity index (χ2v) is 28.0. The predicted octanol–water partition coefficient (Wildman–Crippen LogP) is -2.06. The van der Waals surface area contributed by atoms with Crippen molar-refractivity contribution >= 4 is 7.82 Å². The molecule has 620 valence electrons. The van der Waals surface area contributed by atoms with Crippen LogP contribution in [-0.2, 0) is 63.5 Å². The van der Waals surface area contributed by atoms with Crippen molar-refractivity contribution < 1.29 is 88.6 Å². The molecule has 0 aliphatic heterocycles. The predicted molar refractivity (Wildman–Crippen MR) is 424 cm³/mol. The summed E-state index contributed by atoms with van der Waals surface area (Å²) in [6.07, 6.45) is 61.4. The topological polar surface area (TPSA) is 121 Å². The molecule has 9 aromatic heterocycles. The first kappa shape index (κ1) is 115. The van der Waals surface area contributed by atoms with Gasteiger partial charge in [-0.2, -0.15) is 7.82 Å². The van der Waals surface area contributed by atoms with E-state index in [0.29, 0.717) is 0 Å². The van der Waals surface area contributed by atoms with Gasteiger partial charge in [-0.15, -0.1) is 0 Å². The molecular weight excluding hydrogens is 1420 g/mol. The Bertz CT molecular complexity index is 2740. The molecule has 0 N–H and O–H groups in total. The Kier molecular flexibility index (Phi) is 80.1. The number of aryl methyl sites for hydroxylation is 18. The van der Waals surface area contributed by atoms with Gasteiger partial charge < -0.3 is 47.5 Å². The highest BCUT2D eigenvalue weighted by Crippen LogP contribution is 2.04. The Morgan fingerprint density at radius 3 is 0.309 bits per heavy atom. The highest BCUT2D eigenvalue weighted by atomic mass is 31.2. The highest BCUT2D eigenvalue weighted by molar-refractivity contribution is 7.40. The fraction of sp³-hybridized carbons (Fsp3) is 0.500. The van der Waals surface area contributed by atoms with Gasteiger partial charge in [0, 0.05) is 167 Å². The molecule has 13 nitrogen and oxygen atoms in total. The fourth-order valence-corrected chi connectivity index (χ4v) is 9.19. The number of unbranched alkanes of at least 4 members (excludes halogenated alkanes) is 9. The Morgan fingerprint density at radius 1 is 0.191 bits per heavy atom. The average Bonchev–Trinajstić information content (AvgIpc) is 1.02. The number of hydrogen-bond acceptors (Lipinski definition) is 4. The van der Waals surface area contributed by atoms with Crippen molar-refractivity contribution in [3.8, 4) is 0 Å². The Labute approximate surface area is 663 Å². The van der Waals surface area contributed by atoms with Crippen LogP contribution in [0.4, 0.5) is 0 Å². The zero-order chi connectivity index (χ0) is 77.4. The lowest BCUT2D eigenvalue weighted by Crippen LogP contribution is -3.00. The first-order chi connectivity index (χ1) is 49.9. The SMILES string of the molecule is CCCC[n+]1ccc(C)cc1.CCCC[n+]1ccc(C)cc1.CCCC[n+]1ccc(C)cc1.CCCC[n+]1ccc(C)cc1.CCCC[n+]1ccc(C)cc1.CCCC[n+]1ccc(C)cc1.CCCC[n+]1ccc(C)cc1.CCCC[n+]1ccc(C)cc1.CCCC[n+]1ccc(C)cc1.O=P([O-])([O-])[O-].[F-].[F-].[F-].[F-].[F-].[F-]. The number of halogens is 6. The van der Waals surface area contributed by atoms with Crippen LogP contribution in [0, 0.1) is 62.3 Å². The zero-order valence-corrected chi connectivity index (χ0v) is 71.6. The van der Waals surface area contributed by atoms with Crippen LogP contribution in [0.3, 0.4) is 0 Å². The molecular formula is C90H144F6N9O4P. The summed E-state index contributed by atoms with van der Waals surface area (Å²) in [7, 11) is -5.39. The summed E-state index contributed by atoms with van der Waals surface area (Å²) in [6.45, 7) is 49.3. The molecule has 0 bridgehead atoms. The minimum absolute atomic E-state index is 0. The van der Waals surface area contributed by atoms with Gasteiger partial charge in [-0.1, -0.05) is 120 Å². The first-order valence-corrected chi connectivity index (χ1v) is 40.7. The summed E-state index contributed by atoms with van der Waals surface area (Å²) < 4.78 is 28.6. The molecule has 0 aliphatic rings. The van der Waals surface area contributed by atoms with Gasteiger partial charge in [-0.05, 0) is 112 Å². The summed E-state index contributed by atoms with van der Waals surface area (Å²) in [6, 6.07) is 38.7. The average molecular weight is 1560 g/mol. The van der Waals surface area contributed by atoms with E-state index < -0.39 is 7.82 Å². The zero-order valence-electron chi connectivity index (χ0n) is 70.7. The quantitative estimate of drug-likeness (QED) is 0.0335. The number of hydrogen-bond donors (Lipinski definition) is 0. The highest BCUT2D eigenvalue weighted by Gasteiger charge is 2.03. The van der Waals surface area contributed by atoms with E-state index in [0.717, 1.165) is 58.9 Å². The maximum atomic E-state index is 8.55. The lowest BCUT2D eigenvalue weighted by molar-refractivity contribution is -0.697. The van der Waals surface area contributed by atoms with Gasteiger partial charge in [-0.3, -0.25) is 0 Å². The van der Waals surface area contributed by atoms with Crippen LogP contribution in [0.25, 0.3) is 0 Å². The molecule has 0 saturated carbocycles. The van der Waals surface area contributed by atoms with Gasteiger partial charge >= 0.3 is 0 Å². The van der Waals surface area contributed by atoms with Crippen molar-refractivity contribution in [2.75, 3.05) is 0 Å². The molecule has 0 saturated heterocycles. The minimum Gasteiger partial charge on any atom is -1.00 e. The van der Waals surface area contributed by atoms with E-state index in [-0.39, 0.29) is 28.2 Å². The number of pyridine rings is 9. The number of phosphoric acid groups is 1. The molecule has 0 spiro atoms. The summed E-state index contributed by atoms with van der Waals surface area (Å²) >= 11 is 0. The summed E-state index contributed by atoms with van der Waals surface area (Å²) in [5.74, 6) is 0.